The maximum atomic E-state index is 12.1. The molecule has 0 radical (unpaired) electrons. The number of amides is 1. The van der Waals surface area contributed by atoms with Crippen LogP contribution in [0.15, 0.2) is 54.9 Å². The van der Waals surface area contributed by atoms with Crippen LogP contribution in [0, 0.1) is 6.92 Å². The molecule has 1 amide bonds. The highest BCUT2D eigenvalue weighted by Gasteiger charge is 2.08. The summed E-state index contributed by atoms with van der Waals surface area (Å²) in [5, 5.41) is 18.2. The number of nitrogens with zero attached hydrogens (tertiary/aromatic N) is 4. The molecule has 0 aliphatic rings. The number of anilines is 2. The minimum Gasteiger partial charge on any atom is -0.369 e. The molecule has 3 rings (SSSR count). The Morgan fingerprint density at radius 3 is 2.64 bits per heavy atom. The molecule has 7 heteroatoms. The number of aryl methyl sites for hydroxylation is 2. The summed E-state index contributed by atoms with van der Waals surface area (Å²) < 4.78 is 1.92. The van der Waals surface area contributed by atoms with Gasteiger partial charge in [0.25, 0.3) is 5.91 Å². The third kappa shape index (κ3) is 4.87. The Morgan fingerprint density at radius 1 is 1.12 bits per heavy atom. The number of aromatic nitrogens is 4. The van der Waals surface area contributed by atoms with Gasteiger partial charge in [0, 0.05) is 25.0 Å². The number of para-hydroxylation sites is 1. The quantitative estimate of drug-likeness (QED) is 0.648. The average molecular weight is 336 g/mol. The highest BCUT2D eigenvalue weighted by Crippen LogP contribution is 2.08. The Hall–Kier alpha value is -3.22. The van der Waals surface area contributed by atoms with Gasteiger partial charge in [-0.2, -0.15) is 5.10 Å². The molecule has 0 spiro atoms. The van der Waals surface area contributed by atoms with Gasteiger partial charge in [0.15, 0.2) is 5.69 Å². The summed E-state index contributed by atoms with van der Waals surface area (Å²) in [6, 6.07) is 12.7. The van der Waals surface area contributed by atoms with Crippen molar-refractivity contribution < 1.29 is 4.79 Å². The van der Waals surface area contributed by atoms with Crippen LogP contribution in [0.5, 0.6) is 0 Å². The average Bonchev–Trinajstić information content (AvgIpc) is 3.05. The van der Waals surface area contributed by atoms with Crippen molar-refractivity contribution in [1.82, 2.24) is 20.0 Å². The van der Waals surface area contributed by atoms with Gasteiger partial charge in [-0.15, -0.1) is 10.2 Å². The van der Waals surface area contributed by atoms with E-state index in [4.69, 9.17) is 0 Å². The fourth-order valence-electron chi connectivity index (χ4n) is 2.31. The molecule has 0 aliphatic heterocycles. The normalized spacial score (nSPS) is 10.4. The molecule has 2 aromatic heterocycles. The van der Waals surface area contributed by atoms with E-state index in [1.165, 1.54) is 0 Å². The molecule has 1 aromatic carbocycles. The Kier molecular flexibility index (Phi) is 5.36. The zero-order valence-corrected chi connectivity index (χ0v) is 14.0. The fourth-order valence-corrected chi connectivity index (χ4v) is 2.31. The predicted molar refractivity (Wildman–Crippen MR) is 96.5 cm³/mol. The summed E-state index contributed by atoms with van der Waals surface area (Å²) in [5.41, 5.74) is 2.16. The van der Waals surface area contributed by atoms with Gasteiger partial charge in [-0.1, -0.05) is 18.2 Å². The highest BCUT2D eigenvalue weighted by atomic mass is 16.1. The van der Waals surface area contributed by atoms with Crippen LogP contribution in [0.25, 0.3) is 0 Å². The van der Waals surface area contributed by atoms with Crippen LogP contribution >= 0.6 is 0 Å². The summed E-state index contributed by atoms with van der Waals surface area (Å²) >= 11 is 0. The van der Waals surface area contributed by atoms with Gasteiger partial charge in [-0.3, -0.25) is 9.48 Å². The standard InChI is InChI=1S/C18H20N6O/c1-14-12-20-24(13-14)11-5-10-19-17-9-8-16(22-23-17)18(25)21-15-6-3-2-4-7-15/h2-4,6-9,12-13H,5,10-11H2,1H3,(H,19,23)(H,21,25). The van der Waals surface area contributed by atoms with E-state index in [1.54, 1.807) is 12.1 Å². The first-order chi connectivity index (χ1) is 12.2. The second kappa shape index (κ2) is 8.05. The maximum Gasteiger partial charge on any atom is 0.276 e. The van der Waals surface area contributed by atoms with Gasteiger partial charge >= 0.3 is 0 Å². The molecule has 0 bridgehead atoms. The van der Waals surface area contributed by atoms with E-state index < -0.39 is 0 Å². The zero-order chi connectivity index (χ0) is 17.5. The van der Waals surface area contributed by atoms with Crippen LogP contribution in [-0.4, -0.2) is 32.4 Å². The van der Waals surface area contributed by atoms with Gasteiger partial charge in [-0.25, -0.2) is 0 Å². The summed E-state index contributed by atoms with van der Waals surface area (Å²) in [7, 11) is 0. The fraction of sp³-hybridized carbons (Fsp3) is 0.222. The molecule has 25 heavy (non-hydrogen) atoms. The van der Waals surface area contributed by atoms with Crippen LogP contribution in [-0.2, 0) is 6.54 Å². The van der Waals surface area contributed by atoms with Crippen LogP contribution in [0.1, 0.15) is 22.5 Å². The second-order valence-electron chi connectivity index (χ2n) is 5.69. The van der Waals surface area contributed by atoms with Crippen molar-refractivity contribution in [2.75, 3.05) is 17.2 Å². The van der Waals surface area contributed by atoms with Crippen molar-refractivity contribution >= 4 is 17.4 Å². The molecule has 3 aromatic rings. The van der Waals surface area contributed by atoms with Gasteiger partial charge < -0.3 is 10.6 Å². The molecular formula is C18H20N6O. The number of hydrogen-bond acceptors (Lipinski definition) is 5. The van der Waals surface area contributed by atoms with E-state index in [9.17, 15) is 4.79 Å². The van der Waals surface area contributed by atoms with Crippen LogP contribution in [0.3, 0.4) is 0 Å². The lowest BCUT2D eigenvalue weighted by atomic mass is 10.3. The van der Waals surface area contributed by atoms with Gasteiger partial charge in [0.2, 0.25) is 0 Å². The summed E-state index contributed by atoms with van der Waals surface area (Å²) in [5.74, 6) is 0.368. The van der Waals surface area contributed by atoms with E-state index >= 15 is 0 Å². The zero-order valence-electron chi connectivity index (χ0n) is 14.0. The van der Waals surface area contributed by atoms with Crippen molar-refractivity contribution in [2.45, 2.75) is 19.9 Å². The largest absolute Gasteiger partial charge is 0.369 e. The maximum absolute atomic E-state index is 12.1. The Morgan fingerprint density at radius 2 is 1.96 bits per heavy atom. The lowest BCUT2D eigenvalue weighted by Gasteiger charge is -2.07. The van der Waals surface area contributed by atoms with E-state index in [-0.39, 0.29) is 11.6 Å². The monoisotopic (exact) mass is 336 g/mol. The SMILES string of the molecule is Cc1cnn(CCCNc2ccc(C(=O)Nc3ccccc3)nn2)c1. The Labute approximate surface area is 146 Å². The predicted octanol–water partition coefficient (Wildman–Crippen LogP) is 2.74. The molecule has 0 aliphatic carbocycles. The van der Waals surface area contributed by atoms with Crippen molar-refractivity contribution in [3.8, 4) is 0 Å². The van der Waals surface area contributed by atoms with E-state index in [0.717, 1.165) is 30.8 Å². The number of benzene rings is 1. The number of carbonyl (C=O) groups excluding carboxylic acids is 1. The first-order valence-corrected chi connectivity index (χ1v) is 8.14. The summed E-state index contributed by atoms with van der Waals surface area (Å²) in [4.78, 5) is 12.1. The van der Waals surface area contributed by atoms with Gasteiger partial charge in [0.05, 0.1) is 6.20 Å². The molecular weight excluding hydrogens is 316 g/mol. The lowest BCUT2D eigenvalue weighted by molar-refractivity contribution is 0.102. The summed E-state index contributed by atoms with van der Waals surface area (Å²) in [6.45, 7) is 3.61. The smallest absolute Gasteiger partial charge is 0.276 e. The first-order valence-electron chi connectivity index (χ1n) is 8.14. The molecule has 0 unspecified atom stereocenters. The third-order valence-electron chi connectivity index (χ3n) is 3.56. The molecule has 0 saturated heterocycles. The molecule has 0 saturated carbocycles. The lowest BCUT2D eigenvalue weighted by Crippen LogP contribution is -2.15. The number of carbonyl (C=O) groups is 1. The van der Waals surface area contributed by atoms with Crippen LogP contribution in [0.2, 0.25) is 0 Å². The number of rotatable bonds is 7. The Balaban J connectivity index is 1.46. The minimum absolute atomic E-state index is 0.278. The van der Waals surface area contributed by atoms with E-state index in [2.05, 4.69) is 25.9 Å². The van der Waals surface area contributed by atoms with Crippen molar-refractivity contribution in [3.05, 3.63) is 66.1 Å². The van der Waals surface area contributed by atoms with Crippen molar-refractivity contribution in [2.24, 2.45) is 0 Å². The third-order valence-corrected chi connectivity index (χ3v) is 3.56. The van der Waals surface area contributed by atoms with Crippen molar-refractivity contribution in [1.29, 1.82) is 0 Å². The second-order valence-corrected chi connectivity index (χ2v) is 5.69. The highest BCUT2D eigenvalue weighted by molar-refractivity contribution is 6.02. The van der Waals surface area contributed by atoms with Crippen LogP contribution in [0.4, 0.5) is 11.5 Å². The molecule has 2 N–H and O–H groups in total. The van der Waals surface area contributed by atoms with Gasteiger partial charge in [0.1, 0.15) is 5.82 Å². The molecule has 128 valence electrons. The number of hydrogen-bond donors (Lipinski definition) is 2. The van der Waals surface area contributed by atoms with Crippen molar-refractivity contribution in [3.63, 3.8) is 0 Å². The molecule has 0 fully saturated rings. The topological polar surface area (TPSA) is 84.7 Å². The van der Waals surface area contributed by atoms with E-state index in [0.29, 0.717) is 5.82 Å². The minimum atomic E-state index is -0.278. The van der Waals surface area contributed by atoms with Crippen LogP contribution < -0.4 is 10.6 Å². The molecule has 2 heterocycles. The summed E-state index contributed by atoms with van der Waals surface area (Å²) in [6.07, 6.45) is 4.77. The molecule has 7 nitrogen and oxygen atoms in total. The Bertz CT molecular complexity index is 813. The molecule has 0 atom stereocenters. The van der Waals surface area contributed by atoms with E-state index in [1.807, 2.05) is 54.3 Å². The number of nitrogens with one attached hydrogen (secondary N) is 2. The first kappa shape index (κ1) is 16.6. The van der Waals surface area contributed by atoms with Gasteiger partial charge in [-0.05, 0) is 43.2 Å².